The summed E-state index contributed by atoms with van der Waals surface area (Å²) < 4.78 is 0. The number of hydrogen-bond donors (Lipinski definition) is 1. The molecule has 0 saturated heterocycles. The first-order chi connectivity index (χ1) is 6.13. The standard InChI is InChI=1S/C9H9N3O/c1-6-3-9(12-7(2)13)11-5-8(6)4-10/h3,5H,1-2H3,(H,11,12,13). The van der Waals surface area contributed by atoms with Gasteiger partial charge in [0, 0.05) is 13.1 Å². The Balaban J connectivity index is 2.97. The van der Waals surface area contributed by atoms with Crippen molar-refractivity contribution in [2.45, 2.75) is 13.8 Å². The third kappa shape index (κ3) is 2.27. The highest BCUT2D eigenvalue weighted by Gasteiger charge is 2.01. The quantitative estimate of drug-likeness (QED) is 0.697. The van der Waals surface area contributed by atoms with Crippen LogP contribution in [0.25, 0.3) is 0 Å². The summed E-state index contributed by atoms with van der Waals surface area (Å²) in [6.07, 6.45) is 1.45. The van der Waals surface area contributed by atoms with Crippen molar-refractivity contribution < 1.29 is 4.79 Å². The lowest BCUT2D eigenvalue weighted by Gasteiger charge is -2.02. The second-order valence-corrected chi connectivity index (χ2v) is 2.68. The first-order valence-corrected chi connectivity index (χ1v) is 3.78. The van der Waals surface area contributed by atoms with Crippen molar-refractivity contribution in [3.8, 4) is 6.07 Å². The van der Waals surface area contributed by atoms with E-state index in [1.165, 1.54) is 13.1 Å². The summed E-state index contributed by atoms with van der Waals surface area (Å²) in [7, 11) is 0. The zero-order valence-electron chi connectivity index (χ0n) is 7.46. The lowest BCUT2D eigenvalue weighted by atomic mass is 10.2. The van der Waals surface area contributed by atoms with E-state index in [4.69, 9.17) is 5.26 Å². The fourth-order valence-electron chi connectivity index (χ4n) is 0.922. The molecule has 4 nitrogen and oxygen atoms in total. The molecule has 1 aromatic rings. The highest BCUT2D eigenvalue weighted by molar-refractivity contribution is 5.87. The number of amides is 1. The second-order valence-electron chi connectivity index (χ2n) is 2.68. The molecule has 66 valence electrons. The number of rotatable bonds is 1. The molecule has 0 saturated carbocycles. The van der Waals surface area contributed by atoms with Crippen LogP contribution in [0.3, 0.4) is 0 Å². The minimum atomic E-state index is -0.170. The van der Waals surface area contributed by atoms with Crippen molar-refractivity contribution in [2.24, 2.45) is 0 Å². The van der Waals surface area contributed by atoms with Gasteiger partial charge in [-0.15, -0.1) is 0 Å². The van der Waals surface area contributed by atoms with Gasteiger partial charge in [0.2, 0.25) is 5.91 Å². The van der Waals surface area contributed by atoms with Crippen LogP contribution in [-0.2, 0) is 4.79 Å². The van der Waals surface area contributed by atoms with Gasteiger partial charge in [-0.25, -0.2) is 4.98 Å². The molecular weight excluding hydrogens is 166 g/mol. The molecular formula is C9H9N3O. The van der Waals surface area contributed by atoms with Gasteiger partial charge in [-0.3, -0.25) is 4.79 Å². The normalized spacial score (nSPS) is 9.00. The Labute approximate surface area is 76.2 Å². The molecule has 13 heavy (non-hydrogen) atoms. The number of pyridine rings is 1. The molecule has 0 aliphatic rings. The van der Waals surface area contributed by atoms with Gasteiger partial charge in [0.15, 0.2) is 0 Å². The molecule has 1 aromatic heterocycles. The Hall–Kier alpha value is -1.89. The molecule has 0 spiro atoms. The van der Waals surface area contributed by atoms with E-state index in [9.17, 15) is 4.79 Å². The SMILES string of the molecule is CC(=O)Nc1cc(C)c(C#N)cn1. The topological polar surface area (TPSA) is 65.8 Å². The second kappa shape index (κ2) is 3.68. The molecule has 1 rings (SSSR count). The fraction of sp³-hybridized carbons (Fsp3) is 0.222. The zero-order chi connectivity index (χ0) is 9.84. The molecule has 0 aliphatic heterocycles. The van der Waals surface area contributed by atoms with Crippen molar-refractivity contribution in [3.63, 3.8) is 0 Å². The Kier molecular flexibility index (Phi) is 2.60. The number of hydrogen-bond acceptors (Lipinski definition) is 3. The van der Waals surface area contributed by atoms with Crippen LogP contribution in [0.1, 0.15) is 18.1 Å². The molecule has 0 unspecified atom stereocenters. The van der Waals surface area contributed by atoms with E-state index >= 15 is 0 Å². The van der Waals surface area contributed by atoms with Gasteiger partial charge < -0.3 is 5.32 Å². The van der Waals surface area contributed by atoms with Crippen molar-refractivity contribution >= 4 is 11.7 Å². The number of nitrogens with one attached hydrogen (secondary N) is 1. The summed E-state index contributed by atoms with van der Waals surface area (Å²) in [5.74, 6) is 0.306. The molecule has 0 fully saturated rings. The lowest BCUT2D eigenvalue weighted by molar-refractivity contribution is -0.114. The van der Waals surface area contributed by atoms with E-state index in [1.807, 2.05) is 6.07 Å². The average molecular weight is 175 g/mol. The molecule has 0 atom stereocenters. The number of carbonyl (C=O) groups excluding carboxylic acids is 1. The zero-order valence-corrected chi connectivity index (χ0v) is 7.46. The van der Waals surface area contributed by atoms with E-state index in [1.54, 1.807) is 13.0 Å². The number of anilines is 1. The Bertz CT molecular complexity index is 379. The predicted molar refractivity (Wildman–Crippen MR) is 48.0 cm³/mol. The summed E-state index contributed by atoms with van der Waals surface area (Å²) in [5.41, 5.74) is 1.33. The van der Waals surface area contributed by atoms with Gasteiger partial charge in [0.05, 0.1) is 5.56 Å². The highest BCUT2D eigenvalue weighted by atomic mass is 16.1. The number of aromatic nitrogens is 1. The van der Waals surface area contributed by atoms with Crippen LogP contribution in [0.4, 0.5) is 5.82 Å². The monoisotopic (exact) mass is 175 g/mol. The molecule has 1 amide bonds. The maximum atomic E-state index is 10.7. The minimum Gasteiger partial charge on any atom is -0.311 e. The molecule has 4 heteroatoms. The first-order valence-electron chi connectivity index (χ1n) is 3.78. The van der Waals surface area contributed by atoms with Gasteiger partial charge >= 0.3 is 0 Å². The third-order valence-electron chi connectivity index (χ3n) is 1.54. The average Bonchev–Trinajstić information content (AvgIpc) is 2.03. The van der Waals surface area contributed by atoms with Crippen molar-refractivity contribution in [1.82, 2.24) is 4.98 Å². The smallest absolute Gasteiger partial charge is 0.222 e. The van der Waals surface area contributed by atoms with Crippen LogP contribution in [0.15, 0.2) is 12.3 Å². The van der Waals surface area contributed by atoms with Crippen LogP contribution in [-0.4, -0.2) is 10.9 Å². The van der Waals surface area contributed by atoms with Gasteiger partial charge in [0.25, 0.3) is 0 Å². The summed E-state index contributed by atoms with van der Waals surface area (Å²) in [6, 6.07) is 3.67. The first kappa shape index (κ1) is 9.20. The fourth-order valence-corrected chi connectivity index (χ4v) is 0.922. The summed E-state index contributed by atoms with van der Waals surface area (Å²) >= 11 is 0. The van der Waals surface area contributed by atoms with Crippen LogP contribution in [0.2, 0.25) is 0 Å². The summed E-state index contributed by atoms with van der Waals surface area (Å²) in [5, 5.41) is 11.2. The van der Waals surface area contributed by atoms with Crippen LogP contribution in [0.5, 0.6) is 0 Å². The molecule has 0 radical (unpaired) electrons. The highest BCUT2D eigenvalue weighted by Crippen LogP contribution is 2.10. The Morgan fingerprint density at radius 2 is 2.38 bits per heavy atom. The predicted octanol–water partition coefficient (Wildman–Crippen LogP) is 1.22. The van der Waals surface area contributed by atoms with Gasteiger partial charge in [-0.2, -0.15) is 5.26 Å². The largest absolute Gasteiger partial charge is 0.311 e. The number of carbonyl (C=O) groups is 1. The number of nitrogens with zero attached hydrogens (tertiary/aromatic N) is 2. The van der Waals surface area contributed by atoms with Crippen LogP contribution < -0.4 is 5.32 Å². The van der Waals surface area contributed by atoms with Crippen LogP contribution >= 0.6 is 0 Å². The van der Waals surface area contributed by atoms with Crippen molar-refractivity contribution in [3.05, 3.63) is 23.4 Å². The Morgan fingerprint density at radius 1 is 1.69 bits per heavy atom. The van der Waals surface area contributed by atoms with Crippen molar-refractivity contribution in [1.29, 1.82) is 5.26 Å². The molecule has 1 heterocycles. The molecule has 0 aromatic carbocycles. The third-order valence-corrected chi connectivity index (χ3v) is 1.54. The van der Waals surface area contributed by atoms with Gasteiger partial charge in [-0.1, -0.05) is 0 Å². The molecule has 0 aliphatic carbocycles. The Morgan fingerprint density at radius 3 is 2.85 bits per heavy atom. The maximum Gasteiger partial charge on any atom is 0.222 e. The lowest BCUT2D eigenvalue weighted by Crippen LogP contribution is -2.07. The van der Waals surface area contributed by atoms with E-state index in [-0.39, 0.29) is 5.91 Å². The summed E-state index contributed by atoms with van der Waals surface area (Å²) in [6.45, 7) is 3.21. The van der Waals surface area contributed by atoms with E-state index in [0.717, 1.165) is 5.56 Å². The van der Waals surface area contributed by atoms with E-state index < -0.39 is 0 Å². The van der Waals surface area contributed by atoms with E-state index in [2.05, 4.69) is 10.3 Å². The van der Waals surface area contributed by atoms with E-state index in [0.29, 0.717) is 11.4 Å². The van der Waals surface area contributed by atoms with Crippen LogP contribution in [0, 0.1) is 18.3 Å². The number of aryl methyl sites for hydroxylation is 1. The van der Waals surface area contributed by atoms with Crippen molar-refractivity contribution in [2.75, 3.05) is 5.32 Å². The molecule has 1 N–H and O–H groups in total. The maximum absolute atomic E-state index is 10.7. The van der Waals surface area contributed by atoms with Gasteiger partial charge in [-0.05, 0) is 18.6 Å². The summed E-state index contributed by atoms with van der Waals surface area (Å²) in [4.78, 5) is 14.6. The minimum absolute atomic E-state index is 0.170. The number of nitriles is 1. The van der Waals surface area contributed by atoms with Gasteiger partial charge in [0.1, 0.15) is 11.9 Å². The molecule has 0 bridgehead atoms.